The number of aryl methyl sites for hydroxylation is 1. The molecule has 1 amide bonds. The fourth-order valence-electron chi connectivity index (χ4n) is 2.06. The van der Waals surface area contributed by atoms with Crippen molar-refractivity contribution < 1.29 is 13.6 Å². The third kappa shape index (κ3) is 3.88. The second-order valence-electron chi connectivity index (χ2n) is 4.91. The number of halogens is 3. The Morgan fingerprint density at radius 3 is 2.52 bits per heavy atom. The van der Waals surface area contributed by atoms with Gasteiger partial charge >= 0.3 is 0 Å². The summed E-state index contributed by atoms with van der Waals surface area (Å²) >= 11 is 3.34. The Morgan fingerprint density at radius 2 is 1.90 bits per heavy atom. The summed E-state index contributed by atoms with van der Waals surface area (Å²) in [5.74, 6) is -1.50. The first-order chi connectivity index (χ1) is 9.86. The van der Waals surface area contributed by atoms with Crippen molar-refractivity contribution in [3.05, 3.63) is 69.2 Å². The van der Waals surface area contributed by atoms with Crippen molar-refractivity contribution in [1.29, 1.82) is 0 Å². The van der Waals surface area contributed by atoms with Crippen molar-refractivity contribution in [1.82, 2.24) is 4.90 Å². The molecule has 0 unspecified atom stereocenters. The van der Waals surface area contributed by atoms with Gasteiger partial charge in [-0.05, 0) is 36.8 Å². The zero-order chi connectivity index (χ0) is 15.6. The van der Waals surface area contributed by atoms with Gasteiger partial charge in [0.15, 0.2) is 0 Å². The third-order valence-corrected chi connectivity index (χ3v) is 3.52. The normalized spacial score (nSPS) is 10.5. The molecule has 0 spiro atoms. The smallest absolute Gasteiger partial charge is 0.253 e. The molecule has 0 aliphatic carbocycles. The predicted octanol–water partition coefficient (Wildman–Crippen LogP) is 4.31. The van der Waals surface area contributed by atoms with Crippen molar-refractivity contribution >= 4 is 21.8 Å². The van der Waals surface area contributed by atoms with Gasteiger partial charge in [-0.2, -0.15) is 0 Å². The zero-order valence-corrected chi connectivity index (χ0v) is 13.2. The van der Waals surface area contributed by atoms with Crippen LogP contribution in [-0.4, -0.2) is 17.9 Å². The first-order valence-electron chi connectivity index (χ1n) is 6.33. The zero-order valence-electron chi connectivity index (χ0n) is 11.7. The molecule has 2 aromatic carbocycles. The van der Waals surface area contributed by atoms with E-state index in [1.807, 2.05) is 13.0 Å². The number of amides is 1. The largest absolute Gasteiger partial charge is 0.337 e. The van der Waals surface area contributed by atoms with Crippen LogP contribution >= 0.6 is 15.9 Å². The molecular formula is C16H14BrF2NO. The molecule has 2 nitrogen and oxygen atoms in total. The molecule has 0 N–H and O–H groups in total. The predicted molar refractivity (Wildman–Crippen MR) is 81.0 cm³/mol. The van der Waals surface area contributed by atoms with Crippen LogP contribution in [0.2, 0.25) is 0 Å². The van der Waals surface area contributed by atoms with Crippen LogP contribution in [0.3, 0.4) is 0 Å². The van der Waals surface area contributed by atoms with Crippen LogP contribution in [0.15, 0.2) is 40.9 Å². The lowest BCUT2D eigenvalue weighted by Crippen LogP contribution is -2.26. The molecule has 0 saturated heterocycles. The molecular weight excluding hydrogens is 340 g/mol. The van der Waals surface area contributed by atoms with E-state index in [4.69, 9.17) is 0 Å². The van der Waals surface area contributed by atoms with Crippen LogP contribution in [0.5, 0.6) is 0 Å². The van der Waals surface area contributed by atoms with Gasteiger partial charge in [-0.15, -0.1) is 0 Å². The molecule has 2 rings (SSSR count). The topological polar surface area (TPSA) is 20.3 Å². The summed E-state index contributed by atoms with van der Waals surface area (Å²) in [6.07, 6.45) is 0. The van der Waals surface area contributed by atoms with Crippen LogP contribution in [0, 0.1) is 18.6 Å². The van der Waals surface area contributed by atoms with Crippen molar-refractivity contribution in [2.75, 3.05) is 7.05 Å². The average Bonchev–Trinajstić information content (AvgIpc) is 2.40. The van der Waals surface area contributed by atoms with Gasteiger partial charge in [-0.1, -0.05) is 22.0 Å². The Hall–Kier alpha value is -1.75. The number of carbonyl (C=O) groups is 1. The van der Waals surface area contributed by atoms with Crippen LogP contribution in [-0.2, 0) is 6.54 Å². The number of carbonyl (C=O) groups excluding carboxylic acids is 1. The van der Waals surface area contributed by atoms with Crippen molar-refractivity contribution in [3.8, 4) is 0 Å². The summed E-state index contributed by atoms with van der Waals surface area (Å²) < 4.78 is 27.3. The molecule has 0 aliphatic heterocycles. The Bertz CT molecular complexity index is 668. The van der Waals surface area contributed by atoms with E-state index in [1.165, 1.54) is 17.0 Å². The number of benzene rings is 2. The van der Waals surface area contributed by atoms with E-state index in [0.717, 1.165) is 16.1 Å². The lowest BCUT2D eigenvalue weighted by molar-refractivity contribution is 0.0783. The van der Waals surface area contributed by atoms with E-state index >= 15 is 0 Å². The number of rotatable bonds is 3. The average molecular weight is 354 g/mol. The molecule has 0 radical (unpaired) electrons. The molecule has 21 heavy (non-hydrogen) atoms. The van der Waals surface area contributed by atoms with Gasteiger partial charge in [0.2, 0.25) is 0 Å². The highest BCUT2D eigenvalue weighted by Crippen LogP contribution is 2.18. The molecule has 0 bridgehead atoms. The third-order valence-electron chi connectivity index (χ3n) is 3.06. The van der Waals surface area contributed by atoms with Crippen LogP contribution in [0.25, 0.3) is 0 Å². The fourth-order valence-corrected chi connectivity index (χ4v) is 2.67. The lowest BCUT2D eigenvalue weighted by Gasteiger charge is -2.18. The molecule has 0 saturated carbocycles. The molecule has 0 heterocycles. The molecule has 0 atom stereocenters. The molecule has 5 heteroatoms. The highest BCUT2D eigenvalue weighted by atomic mass is 79.9. The quantitative estimate of drug-likeness (QED) is 0.805. The van der Waals surface area contributed by atoms with Gasteiger partial charge in [0.05, 0.1) is 0 Å². The lowest BCUT2D eigenvalue weighted by atomic mass is 10.1. The molecule has 110 valence electrons. The van der Waals surface area contributed by atoms with Crippen molar-refractivity contribution in [2.45, 2.75) is 13.5 Å². The fraction of sp³-hybridized carbons (Fsp3) is 0.188. The maximum Gasteiger partial charge on any atom is 0.253 e. The van der Waals surface area contributed by atoms with Crippen LogP contribution in [0.1, 0.15) is 21.5 Å². The minimum absolute atomic E-state index is 0.0799. The summed E-state index contributed by atoms with van der Waals surface area (Å²) in [6.45, 7) is 1.97. The van der Waals surface area contributed by atoms with Gasteiger partial charge in [0.25, 0.3) is 5.91 Å². The van der Waals surface area contributed by atoms with E-state index in [9.17, 15) is 13.6 Å². The Kier molecular flexibility index (Phi) is 4.73. The Labute approximate surface area is 130 Å². The number of hydrogen-bond donors (Lipinski definition) is 0. The van der Waals surface area contributed by atoms with E-state index in [0.29, 0.717) is 5.56 Å². The van der Waals surface area contributed by atoms with Gasteiger partial charge in [-0.25, -0.2) is 8.78 Å². The minimum Gasteiger partial charge on any atom is -0.337 e. The van der Waals surface area contributed by atoms with Gasteiger partial charge in [0.1, 0.15) is 11.6 Å². The maximum atomic E-state index is 13.6. The van der Waals surface area contributed by atoms with E-state index in [-0.39, 0.29) is 18.0 Å². The maximum absolute atomic E-state index is 13.6. The van der Waals surface area contributed by atoms with Crippen molar-refractivity contribution in [2.24, 2.45) is 0 Å². The molecule has 0 aromatic heterocycles. The van der Waals surface area contributed by atoms with Crippen molar-refractivity contribution in [3.63, 3.8) is 0 Å². The second-order valence-corrected chi connectivity index (χ2v) is 5.83. The standard InChI is InChI=1S/C16H14BrF2NO/c1-10-5-12(7-13(17)6-10)16(21)20(2)9-11-3-4-14(18)8-15(11)19/h3-8H,9H2,1-2H3. The summed E-state index contributed by atoms with van der Waals surface area (Å²) in [5, 5.41) is 0. The minimum atomic E-state index is -0.653. The number of nitrogens with zero attached hydrogens (tertiary/aromatic N) is 1. The first kappa shape index (κ1) is 15.6. The Morgan fingerprint density at radius 1 is 1.19 bits per heavy atom. The Balaban J connectivity index is 2.19. The first-order valence-corrected chi connectivity index (χ1v) is 7.12. The van der Waals surface area contributed by atoms with E-state index in [1.54, 1.807) is 19.2 Å². The number of hydrogen-bond acceptors (Lipinski definition) is 1. The van der Waals surface area contributed by atoms with E-state index in [2.05, 4.69) is 15.9 Å². The highest BCUT2D eigenvalue weighted by molar-refractivity contribution is 9.10. The molecule has 0 fully saturated rings. The summed E-state index contributed by atoms with van der Waals surface area (Å²) in [6, 6.07) is 8.73. The van der Waals surface area contributed by atoms with Gasteiger partial charge < -0.3 is 4.90 Å². The van der Waals surface area contributed by atoms with E-state index < -0.39 is 11.6 Å². The van der Waals surface area contributed by atoms with Crippen LogP contribution in [0.4, 0.5) is 8.78 Å². The summed E-state index contributed by atoms with van der Waals surface area (Å²) in [7, 11) is 1.58. The van der Waals surface area contributed by atoms with Crippen LogP contribution < -0.4 is 0 Å². The summed E-state index contributed by atoms with van der Waals surface area (Å²) in [4.78, 5) is 13.7. The highest BCUT2D eigenvalue weighted by Gasteiger charge is 2.15. The monoisotopic (exact) mass is 353 g/mol. The second kappa shape index (κ2) is 6.35. The summed E-state index contributed by atoms with van der Waals surface area (Å²) in [5.41, 5.74) is 1.75. The SMILES string of the molecule is Cc1cc(Br)cc(C(=O)N(C)Cc2ccc(F)cc2F)c1. The molecule has 2 aromatic rings. The van der Waals surface area contributed by atoms with Gasteiger partial charge in [-0.3, -0.25) is 4.79 Å². The van der Waals surface area contributed by atoms with Gasteiger partial charge in [0, 0.05) is 35.3 Å². The molecule has 0 aliphatic rings.